The quantitative estimate of drug-likeness (QED) is 0.893. The van der Waals surface area contributed by atoms with Crippen LogP contribution in [-0.4, -0.2) is 31.1 Å². The number of fused-ring (bicyclic) bond motifs is 1. The Hall–Kier alpha value is -0.860. The largest absolute Gasteiger partial charge is 0.316 e. The number of nitrogens with zero attached hydrogens (tertiary/aromatic N) is 1. The molecule has 1 N–H and O–H groups in total. The first-order chi connectivity index (χ1) is 9.20. The molecule has 0 amide bonds. The highest BCUT2D eigenvalue weighted by Gasteiger charge is 2.35. The van der Waals surface area contributed by atoms with Crippen LogP contribution in [0.25, 0.3) is 0 Å². The molecule has 2 heterocycles. The maximum absolute atomic E-state index is 3.51. The molecule has 2 atom stereocenters. The summed E-state index contributed by atoms with van der Waals surface area (Å²) in [7, 11) is 0. The summed E-state index contributed by atoms with van der Waals surface area (Å²) in [6.45, 7) is 10.7. The Morgan fingerprint density at radius 1 is 1.05 bits per heavy atom. The number of rotatable bonds is 4. The van der Waals surface area contributed by atoms with Gasteiger partial charge >= 0.3 is 0 Å². The van der Waals surface area contributed by atoms with E-state index in [1.165, 1.54) is 43.7 Å². The molecule has 3 rings (SSSR count). The third kappa shape index (κ3) is 3.18. The van der Waals surface area contributed by atoms with Crippen molar-refractivity contribution in [2.75, 3.05) is 26.2 Å². The van der Waals surface area contributed by atoms with Gasteiger partial charge in [0.05, 0.1) is 0 Å². The summed E-state index contributed by atoms with van der Waals surface area (Å²) < 4.78 is 0. The molecule has 0 aromatic heterocycles. The third-order valence-electron chi connectivity index (χ3n) is 4.54. The molecule has 104 valence electrons. The summed E-state index contributed by atoms with van der Waals surface area (Å²) in [5.74, 6) is 2.55. The molecule has 2 aliphatic rings. The Kier molecular flexibility index (Phi) is 3.90. The van der Waals surface area contributed by atoms with E-state index >= 15 is 0 Å². The number of benzene rings is 1. The van der Waals surface area contributed by atoms with Crippen molar-refractivity contribution in [1.82, 2.24) is 10.2 Å². The fourth-order valence-corrected chi connectivity index (χ4v) is 3.59. The SMILES string of the molecule is CC(C)Cc1ccc(CN2CC3CNCC3C2)cc1. The molecule has 0 saturated carbocycles. The molecule has 0 spiro atoms. The van der Waals surface area contributed by atoms with Crippen molar-refractivity contribution < 1.29 is 0 Å². The van der Waals surface area contributed by atoms with Crippen molar-refractivity contribution in [2.45, 2.75) is 26.8 Å². The number of likely N-dealkylation sites (tertiary alicyclic amines) is 1. The summed E-state index contributed by atoms with van der Waals surface area (Å²) in [6.07, 6.45) is 1.19. The highest BCUT2D eigenvalue weighted by molar-refractivity contribution is 5.23. The highest BCUT2D eigenvalue weighted by Crippen LogP contribution is 2.27. The Balaban J connectivity index is 1.55. The van der Waals surface area contributed by atoms with Gasteiger partial charge in [-0.1, -0.05) is 38.1 Å². The number of hydrogen-bond acceptors (Lipinski definition) is 2. The lowest BCUT2D eigenvalue weighted by molar-refractivity contribution is 0.305. The first kappa shape index (κ1) is 13.1. The first-order valence-corrected chi connectivity index (χ1v) is 7.71. The van der Waals surface area contributed by atoms with Crippen molar-refractivity contribution in [2.24, 2.45) is 17.8 Å². The van der Waals surface area contributed by atoms with E-state index in [2.05, 4.69) is 48.3 Å². The molecule has 1 aromatic carbocycles. The van der Waals surface area contributed by atoms with Crippen LogP contribution < -0.4 is 5.32 Å². The highest BCUT2D eigenvalue weighted by atomic mass is 15.2. The van der Waals surface area contributed by atoms with Crippen LogP contribution in [0.1, 0.15) is 25.0 Å². The lowest BCUT2D eigenvalue weighted by Crippen LogP contribution is -2.25. The van der Waals surface area contributed by atoms with Gasteiger partial charge in [0.2, 0.25) is 0 Å². The Morgan fingerprint density at radius 3 is 2.21 bits per heavy atom. The van der Waals surface area contributed by atoms with Crippen LogP contribution in [0.3, 0.4) is 0 Å². The molecule has 1 aromatic rings. The van der Waals surface area contributed by atoms with E-state index < -0.39 is 0 Å². The molecule has 0 radical (unpaired) electrons. The summed E-state index contributed by atoms with van der Waals surface area (Å²) in [5.41, 5.74) is 2.95. The maximum atomic E-state index is 3.51. The van der Waals surface area contributed by atoms with Crippen molar-refractivity contribution in [3.63, 3.8) is 0 Å². The van der Waals surface area contributed by atoms with E-state index in [1.807, 2.05) is 0 Å². The monoisotopic (exact) mass is 258 g/mol. The Labute approximate surface area is 117 Å². The van der Waals surface area contributed by atoms with Gasteiger partial charge in [-0.2, -0.15) is 0 Å². The predicted octanol–water partition coefficient (Wildman–Crippen LogP) is 2.54. The van der Waals surface area contributed by atoms with Gasteiger partial charge in [-0.05, 0) is 48.4 Å². The van der Waals surface area contributed by atoms with E-state index in [1.54, 1.807) is 0 Å². The lowest BCUT2D eigenvalue weighted by atomic mass is 10.0. The van der Waals surface area contributed by atoms with Gasteiger partial charge in [0.15, 0.2) is 0 Å². The molecule has 2 nitrogen and oxygen atoms in total. The second-order valence-corrected chi connectivity index (χ2v) is 6.79. The number of hydrogen-bond donors (Lipinski definition) is 1. The molecule has 2 fully saturated rings. The zero-order valence-electron chi connectivity index (χ0n) is 12.2. The first-order valence-electron chi connectivity index (χ1n) is 7.71. The minimum atomic E-state index is 0.747. The molecule has 2 saturated heterocycles. The Bertz CT molecular complexity index is 398. The van der Waals surface area contributed by atoms with Crippen LogP contribution >= 0.6 is 0 Å². The average Bonchev–Trinajstić information content (AvgIpc) is 2.91. The fraction of sp³-hybridized carbons (Fsp3) is 0.647. The minimum absolute atomic E-state index is 0.747. The summed E-state index contributed by atoms with van der Waals surface area (Å²) in [6, 6.07) is 9.27. The summed E-state index contributed by atoms with van der Waals surface area (Å²) >= 11 is 0. The van der Waals surface area contributed by atoms with Gasteiger partial charge in [-0.25, -0.2) is 0 Å². The smallest absolute Gasteiger partial charge is 0.0233 e. The normalized spacial score (nSPS) is 27.1. The van der Waals surface area contributed by atoms with Gasteiger partial charge in [0.1, 0.15) is 0 Å². The van der Waals surface area contributed by atoms with E-state index in [9.17, 15) is 0 Å². The van der Waals surface area contributed by atoms with Gasteiger partial charge in [-0.3, -0.25) is 4.90 Å². The average molecular weight is 258 g/mol. The van der Waals surface area contributed by atoms with Crippen molar-refractivity contribution >= 4 is 0 Å². The van der Waals surface area contributed by atoms with Crippen molar-refractivity contribution in [3.05, 3.63) is 35.4 Å². The molecule has 2 aliphatic heterocycles. The molecule has 0 aliphatic carbocycles. The topological polar surface area (TPSA) is 15.3 Å². The zero-order valence-corrected chi connectivity index (χ0v) is 12.2. The fourth-order valence-electron chi connectivity index (χ4n) is 3.59. The maximum Gasteiger partial charge on any atom is 0.0233 e. The Morgan fingerprint density at radius 2 is 1.63 bits per heavy atom. The molecular formula is C17H26N2. The van der Waals surface area contributed by atoms with Gasteiger partial charge in [0, 0.05) is 19.6 Å². The van der Waals surface area contributed by atoms with E-state index in [0.29, 0.717) is 0 Å². The zero-order chi connectivity index (χ0) is 13.2. The van der Waals surface area contributed by atoms with Gasteiger partial charge in [-0.15, -0.1) is 0 Å². The molecule has 19 heavy (non-hydrogen) atoms. The molecule has 2 heteroatoms. The third-order valence-corrected chi connectivity index (χ3v) is 4.54. The van der Waals surface area contributed by atoms with E-state index in [4.69, 9.17) is 0 Å². The minimum Gasteiger partial charge on any atom is -0.316 e. The molecule has 2 unspecified atom stereocenters. The van der Waals surface area contributed by atoms with Crippen LogP contribution in [0.15, 0.2) is 24.3 Å². The van der Waals surface area contributed by atoms with Crippen LogP contribution in [0.2, 0.25) is 0 Å². The van der Waals surface area contributed by atoms with Gasteiger partial charge < -0.3 is 5.32 Å². The molecule has 0 bridgehead atoms. The number of nitrogens with one attached hydrogen (secondary N) is 1. The van der Waals surface area contributed by atoms with Gasteiger partial charge in [0.25, 0.3) is 0 Å². The van der Waals surface area contributed by atoms with Crippen LogP contribution in [0, 0.1) is 17.8 Å². The summed E-state index contributed by atoms with van der Waals surface area (Å²) in [5, 5.41) is 3.51. The van der Waals surface area contributed by atoms with Crippen LogP contribution in [0.5, 0.6) is 0 Å². The molecular weight excluding hydrogens is 232 g/mol. The van der Waals surface area contributed by atoms with Crippen LogP contribution in [-0.2, 0) is 13.0 Å². The lowest BCUT2D eigenvalue weighted by Gasteiger charge is -2.17. The van der Waals surface area contributed by atoms with Crippen molar-refractivity contribution in [1.29, 1.82) is 0 Å². The predicted molar refractivity (Wildman–Crippen MR) is 80.1 cm³/mol. The van der Waals surface area contributed by atoms with E-state index in [0.717, 1.165) is 24.3 Å². The second-order valence-electron chi connectivity index (χ2n) is 6.79. The standard InChI is InChI=1S/C17H26N2/c1-13(2)7-14-3-5-15(6-4-14)10-19-11-16-8-18-9-17(16)12-19/h3-6,13,16-18H,7-12H2,1-2H3. The van der Waals surface area contributed by atoms with E-state index in [-0.39, 0.29) is 0 Å². The summed E-state index contributed by atoms with van der Waals surface area (Å²) in [4.78, 5) is 2.63. The van der Waals surface area contributed by atoms with Crippen LogP contribution in [0.4, 0.5) is 0 Å². The van der Waals surface area contributed by atoms with Crippen molar-refractivity contribution in [3.8, 4) is 0 Å². The second kappa shape index (κ2) is 5.64.